The maximum atomic E-state index is 3.62. The van der Waals surface area contributed by atoms with E-state index < -0.39 is 0 Å². The van der Waals surface area contributed by atoms with Crippen LogP contribution in [-0.2, 0) is 0 Å². The molecule has 0 bridgehead atoms. The quantitative estimate of drug-likeness (QED) is 0.797. The summed E-state index contributed by atoms with van der Waals surface area (Å²) < 4.78 is 0. The van der Waals surface area contributed by atoms with Gasteiger partial charge in [0.2, 0.25) is 0 Å². The standard InChI is InChI=1S/C14H22N2/c1-11-4-6-12(7-5-11)16-13-8-9-15-14(2,3)10-13/h4-7,13,15-16H,8-10H2,1-3H3. The first kappa shape index (κ1) is 11.5. The molecule has 16 heavy (non-hydrogen) atoms. The summed E-state index contributed by atoms with van der Waals surface area (Å²) >= 11 is 0. The Kier molecular flexibility index (Phi) is 3.20. The third kappa shape index (κ3) is 2.99. The molecular weight excluding hydrogens is 196 g/mol. The van der Waals surface area contributed by atoms with E-state index in [2.05, 4.69) is 55.7 Å². The fourth-order valence-electron chi connectivity index (χ4n) is 2.38. The topological polar surface area (TPSA) is 24.1 Å². The molecule has 0 amide bonds. The van der Waals surface area contributed by atoms with Crippen LogP contribution in [0.15, 0.2) is 24.3 Å². The minimum atomic E-state index is 0.264. The summed E-state index contributed by atoms with van der Waals surface area (Å²) in [6.45, 7) is 7.78. The zero-order chi connectivity index (χ0) is 11.6. The second kappa shape index (κ2) is 4.46. The van der Waals surface area contributed by atoms with Crippen LogP contribution in [0.25, 0.3) is 0 Å². The molecule has 1 atom stereocenters. The van der Waals surface area contributed by atoms with Crippen LogP contribution in [0.4, 0.5) is 5.69 Å². The number of anilines is 1. The first-order valence-corrected chi connectivity index (χ1v) is 6.13. The Labute approximate surface area is 98.4 Å². The Morgan fingerprint density at radius 2 is 1.94 bits per heavy atom. The van der Waals surface area contributed by atoms with Gasteiger partial charge >= 0.3 is 0 Å². The van der Waals surface area contributed by atoms with Gasteiger partial charge in [0.15, 0.2) is 0 Å². The van der Waals surface area contributed by atoms with Gasteiger partial charge in [0, 0.05) is 17.3 Å². The fourth-order valence-corrected chi connectivity index (χ4v) is 2.38. The van der Waals surface area contributed by atoms with Crippen molar-refractivity contribution < 1.29 is 0 Å². The van der Waals surface area contributed by atoms with Crippen molar-refractivity contribution in [3.8, 4) is 0 Å². The number of hydrogen-bond donors (Lipinski definition) is 2. The molecule has 0 spiro atoms. The Bertz CT molecular complexity index is 340. The largest absolute Gasteiger partial charge is 0.382 e. The molecule has 2 N–H and O–H groups in total. The lowest BCUT2D eigenvalue weighted by molar-refractivity contribution is 0.286. The van der Waals surface area contributed by atoms with E-state index in [0.29, 0.717) is 6.04 Å². The smallest absolute Gasteiger partial charge is 0.0342 e. The normalized spacial score (nSPS) is 24.1. The number of benzene rings is 1. The van der Waals surface area contributed by atoms with E-state index in [1.807, 2.05) is 0 Å². The molecule has 1 aliphatic heterocycles. The number of piperidine rings is 1. The van der Waals surface area contributed by atoms with Crippen LogP contribution in [0.5, 0.6) is 0 Å². The van der Waals surface area contributed by atoms with Crippen molar-refractivity contribution in [3.05, 3.63) is 29.8 Å². The van der Waals surface area contributed by atoms with Crippen LogP contribution < -0.4 is 10.6 Å². The molecule has 0 aromatic heterocycles. The highest BCUT2D eigenvalue weighted by Gasteiger charge is 2.26. The number of aryl methyl sites for hydroxylation is 1. The Balaban J connectivity index is 1.97. The zero-order valence-corrected chi connectivity index (χ0v) is 10.5. The average Bonchev–Trinajstić information content (AvgIpc) is 2.20. The van der Waals surface area contributed by atoms with E-state index >= 15 is 0 Å². The Hall–Kier alpha value is -1.02. The van der Waals surface area contributed by atoms with Crippen molar-refractivity contribution in [1.29, 1.82) is 0 Å². The molecule has 2 rings (SSSR count). The van der Waals surface area contributed by atoms with Gasteiger partial charge in [0.25, 0.3) is 0 Å². The summed E-state index contributed by atoms with van der Waals surface area (Å²) in [6.07, 6.45) is 2.39. The predicted octanol–water partition coefficient (Wildman–Crippen LogP) is 2.94. The van der Waals surface area contributed by atoms with Gasteiger partial charge in [-0.3, -0.25) is 0 Å². The molecule has 1 unspecified atom stereocenters. The maximum Gasteiger partial charge on any atom is 0.0342 e. The van der Waals surface area contributed by atoms with Crippen LogP contribution in [0.2, 0.25) is 0 Å². The zero-order valence-electron chi connectivity index (χ0n) is 10.5. The van der Waals surface area contributed by atoms with E-state index in [0.717, 1.165) is 6.54 Å². The second-order valence-corrected chi connectivity index (χ2v) is 5.51. The highest BCUT2D eigenvalue weighted by atomic mass is 15.0. The first-order valence-electron chi connectivity index (χ1n) is 6.13. The molecule has 2 nitrogen and oxygen atoms in total. The lowest BCUT2D eigenvalue weighted by Gasteiger charge is -2.37. The van der Waals surface area contributed by atoms with Gasteiger partial charge in [-0.2, -0.15) is 0 Å². The summed E-state index contributed by atoms with van der Waals surface area (Å²) in [6, 6.07) is 9.26. The summed E-state index contributed by atoms with van der Waals surface area (Å²) in [7, 11) is 0. The number of rotatable bonds is 2. The van der Waals surface area contributed by atoms with Crippen molar-refractivity contribution in [1.82, 2.24) is 5.32 Å². The molecule has 1 saturated heterocycles. The van der Waals surface area contributed by atoms with Gasteiger partial charge in [-0.1, -0.05) is 17.7 Å². The first-order chi connectivity index (χ1) is 7.55. The highest BCUT2D eigenvalue weighted by Crippen LogP contribution is 2.22. The number of nitrogens with one attached hydrogen (secondary N) is 2. The van der Waals surface area contributed by atoms with Gasteiger partial charge in [0.05, 0.1) is 0 Å². The average molecular weight is 218 g/mol. The third-order valence-corrected chi connectivity index (χ3v) is 3.28. The fraction of sp³-hybridized carbons (Fsp3) is 0.571. The molecule has 1 aliphatic rings. The van der Waals surface area contributed by atoms with Gasteiger partial charge < -0.3 is 10.6 Å². The molecule has 1 heterocycles. The van der Waals surface area contributed by atoms with Crippen molar-refractivity contribution in [2.75, 3.05) is 11.9 Å². The van der Waals surface area contributed by atoms with Crippen LogP contribution >= 0.6 is 0 Å². The van der Waals surface area contributed by atoms with E-state index in [1.165, 1.54) is 24.1 Å². The Morgan fingerprint density at radius 1 is 1.25 bits per heavy atom. The van der Waals surface area contributed by atoms with Crippen molar-refractivity contribution in [2.45, 2.75) is 45.2 Å². The van der Waals surface area contributed by atoms with Crippen LogP contribution in [0.1, 0.15) is 32.3 Å². The lowest BCUT2D eigenvalue weighted by Crippen LogP contribution is -2.49. The van der Waals surface area contributed by atoms with E-state index in [9.17, 15) is 0 Å². The van der Waals surface area contributed by atoms with Crippen LogP contribution in [0, 0.1) is 6.92 Å². The monoisotopic (exact) mass is 218 g/mol. The molecular formula is C14H22N2. The van der Waals surface area contributed by atoms with Gasteiger partial charge in [-0.05, 0) is 52.3 Å². The van der Waals surface area contributed by atoms with Gasteiger partial charge in [-0.15, -0.1) is 0 Å². The van der Waals surface area contributed by atoms with E-state index in [-0.39, 0.29) is 5.54 Å². The molecule has 1 aromatic carbocycles. The molecule has 0 saturated carbocycles. The van der Waals surface area contributed by atoms with E-state index in [4.69, 9.17) is 0 Å². The molecule has 0 aliphatic carbocycles. The molecule has 2 heteroatoms. The van der Waals surface area contributed by atoms with Crippen molar-refractivity contribution >= 4 is 5.69 Å². The maximum absolute atomic E-state index is 3.62. The third-order valence-electron chi connectivity index (χ3n) is 3.28. The summed E-state index contributed by atoms with van der Waals surface area (Å²) in [5, 5.41) is 7.17. The van der Waals surface area contributed by atoms with Crippen molar-refractivity contribution in [2.24, 2.45) is 0 Å². The minimum absolute atomic E-state index is 0.264. The summed E-state index contributed by atoms with van der Waals surface area (Å²) in [5.74, 6) is 0. The highest BCUT2D eigenvalue weighted by molar-refractivity contribution is 5.45. The molecule has 0 radical (unpaired) electrons. The molecule has 1 fully saturated rings. The SMILES string of the molecule is Cc1ccc(NC2CCNC(C)(C)C2)cc1. The Morgan fingerprint density at radius 3 is 2.56 bits per heavy atom. The molecule has 88 valence electrons. The van der Waals surface area contributed by atoms with Crippen LogP contribution in [0.3, 0.4) is 0 Å². The van der Waals surface area contributed by atoms with Crippen LogP contribution in [-0.4, -0.2) is 18.1 Å². The molecule has 1 aromatic rings. The lowest BCUT2D eigenvalue weighted by atomic mass is 9.89. The number of hydrogen-bond acceptors (Lipinski definition) is 2. The predicted molar refractivity (Wildman–Crippen MR) is 69.9 cm³/mol. The van der Waals surface area contributed by atoms with E-state index in [1.54, 1.807) is 0 Å². The summed E-state index contributed by atoms with van der Waals surface area (Å²) in [5.41, 5.74) is 2.82. The van der Waals surface area contributed by atoms with Gasteiger partial charge in [-0.25, -0.2) is 0 Å². The summed E-state index contributed by atoms with van der Waals surface area (Å²) in [4.78, 5) is 0. The van der Waals surface area contributed by atoms with Gasteiger partial charge in [0.1, 0.15) is 0 Å². The van der Waals surface area contributed by atoms with Crippen molar-refractivity contribution in [3.63, 3.8) is 0 Å². The second-order valence-electron chi connectivity index (χ2n) is 5.51. The minimum Gasteiger partial charge on any atom is -0.382 e.